The third kappa shape index (κ3) is 6.04. The van der Waals surface area contributed by atoms with Crippen molar-refractivity contribution in [3.8, 4) is 0 Å². The first kappa shape index (κ1) is 24.8. The van der Waals surface area contributed by atoms with Crippen molar-refractivity contribution in [1.82, 2.24) is 9.29 Å². The highest BCUT2D eigenvalue weighted by molar-refractivity contribution is 7.89. The quantitative estimate of drug-likeness (QED) is 0.502. The molecule has 0 aliphatic carbocycles. The number of rotatable bonds is 7. The molecular formula is C26H29N3O5S. The standard InChI is InChI=1S/C26H29N3O5S/c1-18-13-19(2)16-29(15-18)35(32,33)23-10-8-22(9-11-23)28-24(30)17-34-25(31)14-21-6-3-5-20-7-4-12-27-26(20)21/h3-12,18-19H,13-17H2,1-2H3,(H,28,30)/t18-,19-/m0/s1. The van der Waals surface area contributed by atoms with Gasteiger partial charge in [-0.3, -0.25) is 14.6 Å². The summed E-state index contributed by atoms with van der Waals surface area (Å²) < 4.78 is 32.7. The van der Waals surface area contributed by atoms with Gasteiger partial charge in [-0.05, 0) is 54.2 Å². The van der Waals surface area contributed by atoms with Gasteiger partial charge in [0.2, 0.25) is 10.0 Å². The Morgan fingerprint density at radius 2 is 1.71 bits per heavy atom. The molecule has 3 aromatic rings. The second-order valence-electron chi connectivity index (χ2n) is 9.17. The highest BCUT2D eigenvalue weighted by atomic mass is 32.2. The maximum absolute atomic E-state index is 13.0. The van der Waals surface area contributed by atoms with Crippen LogP contribution in [-0.2, 0) is 30.8 Å². The van der Waals surface area contributed by atoms with Crippen LogP contribution in [-0.4, -0.2) is 49.3 Å². The summed E-state index contributed by atoms with van der Waals surface area (Å²) in [6, 6.07) is 15.3. The number of carbonyl (C=O) groups is 2. The molecule has 1 aliphatic heterocycles. The molecule has 4 rings (SSSR count). The van der Waals surface area contributed by atoms with E-state index in [9.17, 15) is 18.0 Å². The van der Waals surface area contributed by atoms with Crippen molar-refractivity contribution in [2.45, 2.75) is 31.6 Å². The minimum Gasteiger partial charge on any atom is -0.455 e. The molecule has 8 nitrogen and oxygen atoms in total. The van der Waals surface area contributed by atoms with Crippen molar-refractivity contribution in [3.05, 3.63) is 66.4 Å². The summed E-state index contributed by atoms with van der Waals surface area (Å²) >= 11 is 0. The maximum Gasteiger partial charge on any atom is 0.310 e. The zero-order valence-corrected chi connectivity index (χ0v) is 20.6. The highest BCUT2D eigenvalue weighted by Gasteiger charge is 2.31. The fourth-order valence-corrected chi connectivity index (χ4v) is 6.20. The number of esters is 1. The molecule has 2 atom stereocenters. The number of piperidine rings is 1. The normalized spacial score (nSPS) is 18.8. The Balaban J connectivity index is 1.31. The predicted octanol–water partition coefficient (Wildman–Crippen LogP) is 3.63. The van der Waals surface area contributed by atoms with Crippen LogP contribution < -0.4 is 5.32 Å². The van der Waals surface area contributed by atoms with Gasteiger partial charge in [0.1, 0.15) is 0 Å². The Kier molecular flexibility index (Phi) is 7.47. The molecule has 1 aliphatic rings. The first-order valence-electron chi connectivity index (χ1n) is 11.6. The minimum absolute atomic E-state index is 0.00191. The minimum atomic E-state index is -3.59. The second kappa shape index (κ2) is 10.5. The van der Waals surface area contributed by atoms with Crippen LogP contribution in [0.1, 0.15) is 25.8 Å². The van der Waals surface area contributed by atoms with E-state index >= 15 is 0 Å². The van der Waals surface area contributed by atoms with Gasteiger partial charge in [-0.2, -0.15) is 4.31 Å². The number of anilines is 1. The van der Waals surface area contributed by atoms with Gasteiger partial charge in [-0.1, -0.05) is 38.1 Å². The summed E-state index contributed by atoms with van der Waals surface area (Å²) in [4.78, 5) is 29.0. The average molecular weight is 496 g/mol. The zero-order chi connectivity index (χ0) is 25.0. The lowest BCUT2D eigenvalue weighted by Gasteiger charge is -2.34. The van der Waals surface area contributed by atoms with Crippen LogP contribution in [0.2, 0.25) is 0 Å². The molecule has 1 saturated heterocycles. The SMILES string of the molecule is C[C@H]1C[C@H](C)CN(S(=O)(=O)c2ccc(NC(=O)COC(=O)Cc3cccc4cccnc34)cc2)C1. The topological polar surface area (TPSA) is 106 Å². The Bertz CT molecular complexity index is 1310. The lowest BCUT2D eigenvalue weighted by atomic mass is 9.94. The summed E-state index contributed by atoms with van der Waals surface area (Å²) in [5.41, 5.74) is 1.87. The molecule has 0 saturated carbocycles. The van der Waals surface area contributed by atoms with Crippen molar-refractivity contribution in [2.24, 2.45) is 11.8 Å². The number of sulfonamides is 1. The number of hydrogen-bond acceptors (Lipinski definition) is 6. The zero-order valence-electron chi connectivity index (χ0n) is 19.8. The van der Waals surface area contributed by atoms with Crippen molar-refractivity contribution in [2.75, 3.05) is 25.0 Å². The monoisotopic (exact) mass is 495 g/mol. The van der Waals surface area contributed by atoms with E-state index in [0.717, 1.165) is 22.9 Å². The number of fused-ring (bicyclic) bond motifs is 1. The number of para-hydroxylation sites is 1. The number of ether oxygens (including phenoxy) is 1. The molecule has 1 aromatic heterocycles. The summed E-state index contributed by atoms with van der Waals surface area (Å²) in [7, 11) is -3.59. The van der Waals surface area contributed by atoms with Crippen LogP contribution in [0.5, 0.6) is 0 Å². The fourth-order valence-electron chi connectivity index (χ4n) is 4.52. The van der Waals surface area contributed by atoms with Crippen LogP contribution in [0.15, 0.2) is 65.7 Å². The van der Waals surface area contributed by atoms with Gasteiger partial charge < -0.3 is 10.1 Å². The molecule has 9 heteroatoms. The van der Waals surface area contributed by atoms with E-state index in [1.165, 1.54) is 28.6 Å². The van der Waals surface area contributed by atoms with Crippen LogP contribution >= 0.6 is 0 Å². The molecule has 2 aromatic carbocycles. The molecule has 184 valence electrons. The molecule has 35 heavy (non-hydrogen) atoms. The van der Waals surface area contributed by atoms with Gasteiger partial charge >= 0.3 is 5.97 Å². The molecule has 0 bridgehead atoms. The Hall–Kier alpha value is -3.30. The second-order valence-corrected chi connectivity index (χ2v) is 11.1. The van der Waals surface area contributed by atoms with Gasteiger partial charge in [0.15, 0.2) is 6.61 Å². The summed E-state index contributed by atoms with van der Waals surface area (Å²) in [6.45, 7) is 4.68. The van der Waals surface area contributed by atoms with Gasteiger partial charge in [-0.15, -0.1) is 0 Å². The van der Waals surface area contributed by atoms with Crippen molar-refractivity contribution in [3.63, 3.8) is 0 Å². The summed E-state index contributed by atoms with van der Waals surface area (Å²) in [5, 5.41) is 3.55. The average Bonchev–Trinajstić information content (AvgIpc) is 2.83. The number of aromatic nitrogens is 1. The van der Waals surface area contributed by atoms with Gasteiger partial charge in [0, 0.05) is 30.4 Å². The number of benzene rings is 2. The number of hydrogen-bond donors (Lipinski definition) is 1. The lowest BCUT2D eigenvalue weighted by Crippen LogP contribution is -2.42. The van der Waals surface area contributed by atoms with Gasteiger partial charge in [0.25, 0.3) is 5.91 Å². The van der Waals surface area contributed by atoms with E-state index in [4.69, 9.17) is 4.74 Å². The number of pyridine rings is 1. The van der Waals surface area contributed by atoms with Crippen LogP contribution in [0.25, 0.3) is 10.9 Å². The molecule has 0 radical (unpaired) electrons. The Morgan fingerprint density at radius 3 is 2.43 bits per heavy atom. The van der Waals surface area contributed by atoms with Crippen molar-refractivity contribution < 1.29 is 22.7 Å². The Morgan fingerprint density at radius 1 is 1.03 bits per heavy atom. The van der Waals surface area contributed by atoms with E-state index in [0.29, 0.717) is 30.6 Å². The first-order valence-corrected chi connectivity index (χ1v) is 13.0. The summed E-state index contributed by atoms with van der Waals surface area (Å²) in [6.07, 6.45) is 2.68. The smallest absolute Gasteiger partial charge is 0.310 e. The molecule has 1 N–H and O–H groups in total. The maximum atomic E-state index is 13.0. The van der Waals surface area contributed by atoms with E-state index in [1.54, 1.807) is 12.3 Å². The lowest BCUT2D eigenvalue weighted by molar-refractivity contribution is -0.146. The van der Waals surface area contributed by atoms with Crippen LogP contribution in [0.4, 0.5) is 5.69 Å². The predicted molar refractivity (Wildman–Crippen MR) is 133 cm³/mol. The molecule has 0 spiro atoms. The fraction of sp³-hybridized carbons (Fsp3) is 0.346. The molecule has 0 unspecified atom stereocenters. The molecule has 1 fully saturated rings. The molecular weight excluding hydrogens is 466 g/mol. The number of amides is 1. The van der Waals surface area contributed by atoms with E-state index in [2.05, 4.69) is 24.1 Å². The van der Waals surface area contributed by atoms with Gasteiger partial charge in [0.05, 0.1) is 16.8 Å². The van der Waals surface area contributed by atoms with Crippen molar-refractivity contribution >= 4 is 38.5 Å². The van der Waals surface area contributed by atoms with E-state index < -0.39 is 28.5 Å². The van der Waals surface area contributed by atoms with Crippen molar-refractivity contribution in [1.29, 1.82) is 0 Å². The Labute approximate surface area is 205 Å². The number of carbonyl (C=O) groups excluding carboxylic acids is 2. The highest BCUT2D eigenvalue weighted by Crippen LogP contribution is 2.27. The molecule has 1 amide bonds. The summed E-state index contributed by atoms with van der Waals surface area (Å²) in [5.74, 6) is -0.424. The largest absolute Gasteiger partial charge is 0.455 e. The number of nitrogens with zero attached hydrogens (tertiary/aromatic N) is 2. The van der Waals surface area contributed by atoms with Crippen LogP contribution in [0.3, 0.4) is 0 Å². The van der Waals surface area contributed by atoms with Crippen LogP contribution in [0, 0.1) is 11.8 Å². The first-order chi connectivity index (χ1) is 16.7. The van der Waals surface area contributed by atoms with E-state index in [-0.39, 0.29) is 11.3 Å². The van der Waals surface area contributed by atoms with Gasteiger partial charge in [-0.25, -0.2) is 8.42 Å². The van der Waals surface area contributed by atoms with E-state index in [1.807, 2.05) is 24.3 Å². The third-order valence-corrected chi connectivity index (χ3v) is 7.87. The molecule has 2 heterocycles. The third-order valence-electron chi connectivity index (χ3n) is 6.03. The number of nitrogens with one attached hydrogen (secondary N) is 1.